The van der Waals surface area contributed by atoms with E-state index in [2.05, 4.69) is 0 Å². The van der Waals surface area contributed by atoms with E-state index >= 15 is 0 Å². The van der Waals surface area contributed by atoms with Crippen LogP contribution in [0.1, 0.15) is 24.8 Å². The van der Waals surface area contributed by atoms with E-state index in [1.165, 1.54) is 37.0 Å². The molecule has 0 amide bonds. The van der Waals surface area contributed by atoms with Crippen molar-refractivity contribution in [3.63, 3.8) is 0 Å². The first-order valence-corrected chi connectivity index (χ1v) is 5.58. The summed E-state index contributed by atoms with van der Waals surface area (Å²) in [6.07, 6.45) is 4.71. The number of hydrogen-bond donors (Lipinski definition) is 0. The minimum Gasteiger partial charge on any atom is -0.207 e. The largest absolute Gasteiger partial charge is 0.207 e. The van der Waals surface area contributed by atoms with Gasteiger partial charge in [-0.25, -0.2) is 4.39 Å². The van der Waals surface area contributed by atoms with E-state index < -0.39 is 0 Å². The first kappa shape index (κ1) is 9.97. The van der Waals surface area contributed by atoms with Crippen LogP contribution in [0.2, 0.25) is 0 Å². The van der Waals surface area contributed by atoms with Crippen LogP contribution in [0.3, 0.4) is 0 Å². The van der Waals surface area contributed by atoms with Crippen LogP contribution < -0.4 is 0 Å². The third kappa shape index (κ3) is 1.93. The minimum atomic E-state index is -0.165. The van der Waals surface area contributed by atoms with Crippen molar-refractivity contribution in [2.45, 2.75) is 25.7 Å². The van der Waals surface area contributed by atoms with Crippen LogP contribution in [-0.4, -0.2) is 5.88 Å². The number of halogens is 2. The van der Waals surface area contributed by atoms with E-state index in [-0.39, 0.29) is 5.82 Å². The van der Waals surface area contributed by atoms with Gasteiger partial charge >= 0.3 is 0 Å². The number of benzene rings is 1. The first-order chi connectivity index (χ1) is 6.74. The third-order valence-corrected chi connectivity index (χ3v) is 3.76. The third-order valence-electron chi connectivity index (χ3n) is 3.19. The zero-order chi connectivity index (χ0) is 10.0. The van der Waals surface area contributed by atoms with Crippen LogP contribution in [0, 0.1) is 11.2 Å². The lowest BCUT2D eigenvalue weighted by molar-refractivity contribution is 0.166. The SMILES string of the molecule is Fc1ccc(CC2(CCl)CCC2)cc1. The van der Waals surface area contributed by atoms with Crippen LogP contribution in [-0.2, 0) is 6.42 Å². The van der Waals surface area contributed by atoms with E-state index in [1.807, 2.05) is 12.1 Å². The van der Waals surface area contributed by atoms with Gasteiger partial charge in [0.2, 0.25) is 0 Å². The monoisotopic (exact) mass is 212 g/mol. The van der Waals surface area contributed by atoms with Gasteiger partial charge in [0.1, 0.15) is 5.82 Å². The molecule has 76 valence electrons. The number of hydrogen-bond acceptors (Lipinski definition) is 0. The lowest BCUT2D eigenvalue weighted by Crippen LogP contribution is -2.33. The van der Waals surface area contributed by atoms with E-state index in [1.54, 1.807) is 0 Å². The second-order valence-corrected chi connectivity index (χ2v) is 4.56. The van der Waals surface area contributed by atoms with Gasteiger partial charge in [0.15, 0.2) is 0 Å². The Bertz CT molecular complexity index is 295. The smallest absolute Gasteiger partial charge is 0.123 e. The molecule has 0 nitrogen and oxygen atoms in total. The minimum absolute atomic E-state index is 0.165. The molecule has 0 N–H and O–H groups in total. The molecular weight excluding hydrogens is 199 g/mol. The Balaban J connectivity index is 2.06. The Labute approximate surface area is 89.1 Å². The predicted molar refractivity (Wildman–Crippen MR) is 57.1 cm³/mol. The van der Waals surface area contributed by atoms with Gasteiger partial charge in [0, 0.05) is 5.88 Å². The average molecular weight is 213 g/mol. The molecule has 0 radical (unpaired) electrons. The molecule has 0 atom stereocenters. The Kier molecular flexibility index (Phi) is 2.78. The van der Waals surface area contributed by atoms with E-state index in [4.69, 9.17) is 11.6 Å². The summed E-state index contributed by atoms with van der Waals surface area (Å²) in [5.41, 5.74) is 1.51. The summed E-state index contributed by atoms with van der Waals surface area (Å²) in [6, 6.07) is 6.77. The molecule has 14 heavy (non-hydrogen) atoms. The molecule has 1 aromatic carbocycles. The average Bonchev–Trinajstić information content (AvgIpc) is 2.15. The topological polar surface area (TPSA) is 0 Å². The fourth-order valence-corrected chi connectivity index (χ4v) is 2.43. The van der Waals surface area contributed by atoms with Crippen molar-refractivity contribution in [3.8, 4) is 0 Å². The Morgan fingerprint density at radius 1 is 1.21 bits per heavy atom. The molecule has 1 aliphatic rings. The van der Waals surface area contributed by atoms with Crippen LogP contribution in [0.5, 0.6) is 0 Å². The van der Waals surface area contributed by atoms with E-state index in [9.17, 15) is 4.39 Å². The highest BCUT2D eigenvalue weighted by Crippen LogP contribution is 2.44. The summed E-state index contributed by atoms with van der Waals surface area (Å²) >= 11 is 5.97. The molecule has 0 bridgehead atoms. The molecule has 0 spiro atoms. The van der Waals surface area contributed by atoms with Crippen LogP contribution in [0.15, 0.2) is 24.3 Å². The quantitative estimate of drug-likeness (QED) is 0.669. The van der Waals surface area contributed by atoms with Gasteiger partial charge in [-0.05, 0) is 42.4 Å². The maximum absolute atomic E-state index is 12.7. The van der Waals surface area contributed by atoms with Gasteiger partial charge in [-0.1, -0.05) is 18.6 Å². The zero-order valence-electron chi connectivity index (χ0n) is 8.10. The molecular formula is C12H14ClF. The van der Waals surface area contributed by atoms with Gasteiger partial charge in [0.05, 0.1) is 0 Å². The molecule has 1 fully saturated rings. The summed E-state index contributed by atoms with van der Waals surface area (Å²) in [5.74, 6) is 0.562. The maximum Gasteiger partial charge on any atom is 0.123 e. The molecule has 0 unspecified atom stereocenters. The number of alkyl halides is 1. The summed E-state index contributed by atoms with van der Waals surface area (Å²) in [7, 11) is 0. The Hall–Kier alpha value is -0.560. The van der Waals surface area contributed by atoms with Crippen molar-refractivity contribution < 1.29 is 4.39 Å². The fraction of sp³-hybridized carbons (Fsp3) is 0.500. The second kappa shape index (κ2) is 3.90. The Morgan fingerprint density at radius 2 is 1.86 bits per heavy atom. The molecule has 2 rings (SSSR count). The highest BCUT2D eigenvalue weighted by molar-refractivity contribution is 6.18. The lowest BCUT2D eigenvalue weighted by atomic mass is 9.67. The van der Waals surface area contributed by atoms with E-state index in [0.29, 0.717) is 5.41 Å². The fourth-order valence-electron chi connectivity index (χ4n) is 2.07. The molecule has 0 aliphatic heterocycles. The van der Waals surface area contributed by atoms with Crippen LogP contribution in [0.25, 0.3) is 0 Å². The van der Waals surface area contributed by atoms with Crippen molar-refractivity contribution in [3.05, 3.63) is 35.6 Å². The molecule has 1 aliphatic carbocycles. The molecule has 2 heteroatoms. The normalized spacial score (nSPS) is 19.0. The van der Waals surface area contributed by atoms with Gasteiger partial charge in [-0.2, -0.15) is 0 Å². The Morgan fingerprint density at radius 3 is 2.29 bits per heavy atom. The van der Waals surface area contributed by atoms with Crippen molar-refractivity contribution in [1.29, 1.82) is 0 Å². The van der Waals surface area contributed by atoms with Gasteiger partial charge in [0.25, 0.3) is 0 Å². The maximum atomic E-state index is 12.7. The van der Waals surface area contributed by atoms with Crippen molar-refractivity contribution in [1.82, 2.24) is 0 Å². The molecule has 0 heterocycles. The number of rotatable bonds is 3. The van der Waals surface area contributed by atoms with E-state index in [0.717, 1.165) is 12.3 Å². The van der Waals surface area contributed by atoms with Gasteiger partial charge in [-0.15, -0.1) is 11.6 Å². The summed E-state index contributed by atoms with van der Waals surface area (Å²) in [5, 5.41) is 0. The summed E-state index contributed by atoms with van der Waals surface area (Å²) in [6.45, 7) is 0. The van der Waals surface area contributed by atoms with Crippen LogP contribution in [0.4, 0.5) is 4.39 Å². The molecule has 1 aromatic rings. The van der Waals surface area contributed by atoms with Gasteiger partial charge < -0.3 is 0 Å². The highest BCUT2D eigenvalue weighted by atomic mass is 35.5. The standard InChI is InChI=1S/C12H14ClF/c13-9-12(6-1-7-12)8-10-2-4-11(14)5-3-10/h2-5H,1,6-9H2. The second-order valence-electron chi connectivity index (χ2n) is 4.29. The molecule has 0 aromatic heterocycles. The predicted octanol–water partition coefficient (Wildman–Crippen LogP) is 3.78. The first-order valence-electron chi connectivity index (χ1n) is 5.05. The molecule has 0 saturated heterocycles. The van der Waals surface area contributed by atoms with Gasteiger partial charge in [-0.3, -0.25) is 0 Å². The van der Waals surface area contributed by atoms with Crippen molar-refractivity contribution in [2.24, 2.45) is 5.41 Å². The molecule has 1 saturated carbocycles. The zero-order valence-corrected chi connectivity index (χ0v) is 8.86. The van der Waals surface area contributed by atoms with Crippen molar-refractivity contribution in [2.75, 3.05) is 5.88 Å². The van der Waals surface area contributed by atoms with Crippen LogP contribution >= 0.6 is 11.6 Å². The lowest BCUT2D eigenvalue weighted by Gasteiger charge is -2.40. The highest BCUT2D eigenvalue weighted by Gasteiger charge is 2.35. The van der Waals surface area contributed by atoms with Crippen molar-refractivity contribution >= 4 is 11.6 Å². The summed E-state index contributed by atoms with van der Waals surface area (Å²) in [4.78, 5) is 0. The summed E-state index contributed by atoms with van der Waals surface area (Å²) < 4.78 is 12.7.